The van der Waals surface area contributed by atoms with Crippen molar-refractivity contribution in [2.75, 3.05) is 0 Å². The van der Waals surface area contributed by atoms with E-state index in [4.69, 9.17) is 10.1 Å². The molecule has 0 unspecified atom stereocenters. The quantitative estimate of drug-likeness (QED) is 0.798. The Balaban J connectivity index is 1.90. The molecule has 4 rings (SSSR count). The normalized spacial score (nSPS) is 17.7. The van der Waals surface area contributed by atoms with Gasteiger partial charge in [0.05, 0.1) is 11.8 Å². The highest BCUT2D eigenvalue weighted by Crippen LogP contribution is 2.38. The largest absolute Gasteiger partial charge is 0.481 e. The van der Waals surface area contributed by atoms with Crippen LogP contribution in [0, 0.1) is 12.8 Å². The van der Waals surface area contributed by atoms with Gasteiger partial charge in [-0.1, -0.05) is 6.92 Å². The van der Waals surface area contributed by atoms with Crippen LogP contribution in [0.25, 0.3) is 15.9 Å². The van der Waals surface area contributed by atoms with Crippen molar-refractivity contribution in [2.24, 2.45) is 5.92 Å². The smallest absolute Gasteiger partial charge is 0.303 e. The zero-order chi connectivity index (χ0) is 16.1. The van der Waals surface area contributed by atoms with E-state index in [1.54, 1.807) is 15.9 Å². The highest BCUT2D eigenvalue weighted by atomic mass is 32.1. The van der Waals surface area contributed by atoms with Gasteiger partial charge >= 0.3 is 5.97 Å². The summed E-state index contributed by atoms with van der Waals surface area (Å²) < 4.78 is 1.77. The van der Waals surface area contributed by atoms with Crippen LogP contribution in [-0.4, -0.2) is 30.7 Å². The fourth-order valence-electron chi connectivity index (χ4n) is 3.31. The van der Waals surface area contributed by atoms with Crippen molar-refractivity contribution in [1.82, 2.24) is 19.6 Å². The summed E-state index contributed by atoms with van der Waals surface area (Å²) in [5.41, 5.74) is 2.21. The highest BCUT2D eigenvalue weighted by Gasteiger charge is 2.24. The third-order valence-corrected chi connectivity index (χ3v) is 5.65. The van der Waals surface area contributed by atoms with Crippen LogP contribution in [0.15, 0.2) is 0 Å². The number of hydrogen-bond acceptors (Lipinski definition) is 5. The van der Waals surface area contributed by atoms with Crippen molar-refractivity contribution < 1.29 is 9.90 Å². The third-order valence-electron chi connectivity index (χ3n) is 4.50. The maximum atomic E-state index is 10.8. The van der Waals surface area contributed by atoms with E-state index < -0.39 is 5.97 Å². The summed E-state index contributed by atoms with van der Waals surface area (Å²) in [6.07, 6.45) is 3.77. The van der Waals surface area contributed by atoms with E-state index in [2.05, 4.69) is 17.0 Å². The van der Waals surface area contributed by atoms with Crippen molar-refractivity contribution in [3.05, 3.63) is 22.1 Å². The van der Waals surface area contributed by atoms with E-state index in [1.165, 1.54) is 16.9 Å². The molecule has 0 saturated carbocycles. The van der Waals surface area contributed by atoms with E-state index in [-0.39, 0.29) is 6.42 Å². The predicted molar refractivity (Wildman–Crippen MR) is 88.0 cm³/mol. The number of carboxylic acids is 1. The summed E-state index contributed by atoms with van der Waals surface area (Å²) in [5.74, 6) is 1.27. The molecule has 7 heteroatoms. The Kier molecular flexibility index (Phi) is 3.33. The summed E-state index contributed by atoms with van der Waals surface area (Å²) in [5, 5.41) is 14.4. The van der Waals surface area contributed by atoms with Crippen LogP contribution in [0.4, 0.5) is 0 Å². The fraction of sp³-hybridized carbons (Fsp3) is 0.500. The summed E-state index contributed by atoms with van der Waals surface area (Å²) in [6.45, 7) is 4.21. The maximum Gasteiger partial charge on any atom is 0.303 e. The Morgan fingerprint density at radius 1 is 1.43 bits per heavy atom. The molecule has 1 N–H and O–H groups in total. The molecule has 120 valence electrons. The van der Waals surface area contributed by atoms with Crippen LogP contribution in [0.1, 0.15) is 41.9 Å². The van der Waals surface area contributed by atoms with Crippen molar-refractivity contribution in [1.29, 1.82) is 0 Å². The zero-order valence-electron chi connectivity index (χ0n) is 13.2. The van der Waals surface area contributed by atoms with Gasteiger partial charge in [-0.2, -0.15) is 4.52 Å². The molecule has 0 aliphatic heterocycles. The molecule has 3 aromatic rings. The lowest BCUT2D eigenvalue weighted by Crippen LogP contribution is -2.08. The Hall–Kier alpha value is -2.02. The van der Waals surface area contributed by atoms with E-state index in [0.29, 0.717) is 12.2 Å². The van der Waals surface area contributed by atoms with Gasteiger partial charge in [-0.25, -0.2) is 9.97 Å². The average molecular weight is 330 g/mol. The minimum absolute atomic E-state index is 0.0474. The van der Waals surface area contributed by atoms with Gasteiger partial charge in [0, 0.05) is 11.3 Å². The first kappa shape index (κ1) is 14.6. The molecule has 3 aromatic heterocycles. The molecular formula is C16H18N4O2S. The molecule has 1 atom stereocenters. The number of thiophene rings is 1. The fourth-order valence-corrected chi connectivity index (χ4v) is 4.73. The number of carboxylic acid groups (broad SMARTS) is 1. The monoisotopic (exact) mass is 330 g/mol. The van der Waals surface area contributed by atoms with Crippen molar-refractivity contribution in [3.63, 3.8) is 0 Å². The summed E-state index contributed by atoms with van der Waals surface area (Å²) in [7, 11) is 0. The average Bonchev–Trinajstić information content (AvgIpc) is 3.05. The molecule has 0 radical (unpaired) electrons. The SMILES string of the molecule is Cc1nc2sc3c(c2c2nc(CCC(=O)O)nn12)CC[C@@H](C)C3. The number of carbonyl (C=O) groups is 1. The summed E-state index contributed by atoms with van der Waals surface area (Å²) >= 11 is 1.77. The third kappa shape index (κ3) is 2.39. The number of fused-ring (bicyclic) bond motifs is 5. The summed E-state index contributed by atoms with van der Waals surface area (Å²) in [4.78, 5) is 22.6. The van der Waals surface area contributed by atoms with Crippen LogP contribution >= 0.6 is 11.3 Å². The van der Waals surface area contributed by atoms with Crippen LogP contribution in [0.5, 0.6) is 0 Å². The molecule has 0 fully saturated rings. The number of hydrogen-bond donors (Lipinski definition) is 1. The lowest BCUT2D eigenvalue weighted by molar-refractivity contribution is -0.137. The first-order valence-electron chi connectivity index (χ1n) is 7.91. The van der Waals surface area contributed by atoms with E-state index in [0.717, 1.165) is 40.4 Å². The maximum absolute atomic E-state index is 10.8. The Morgan fingerprint density at radius 3 is 3.04 bits per heavy atom. The van der Waals surface area contributed by atoms with Crippen molar-refractivity contribution in [3.8, 4) is 0 Å². The Morgan fingerprint density at radius 2 is 2.26 bits per heavy atom. The van der Waals surface area contributed by atoms with Gasteiger partial charge in [0.1, 0.15) is 10.7 Å². The topological polar surface area (TPSA) is 80.4 Å². The molecule has 1 aliphatic carbocycles. The zero-order valence-corrected chi connectivity index (χ0v) is 14.0. The first-order chi connectivity index (χ1) is 11.0. The van der Waals surface area contributed by atoms with Gasteiger partial charge in [-0.15, -0.1) is 16.4 Å². The number of rotatable bonds is 3. The lowest BCUT2D eigenvalue weighted by Gasteiger charge is -2.17. The van der Waals surface area contributed by atoms with Crippen molar-refractivity contribution >= 4 is 33.2 Å². The van der Waals surface area contributed by atoms with E-state index >= 15 is 0 Å². The van der Waals surface area contributed by atoms with Gasteiger partial charge in [-0.05, 0) is 37.7 Å². The van der Waals surface area contributed by atoms with Crippen LogP contribution in [0.2, 0.25) is 0 Å². The van der Waals surface area contributed by atoms with Gasteiger partial charge in [0.15, 0.2) is 11.5 Å². The number of aromatic nitrogens is 4. The minimum Gasteiger partial charge on any atom is -0.481 e. The Bertz CT molecular complexity index is 927. The number of nitrogens with zero attached hydrogens (tertiary/aromatic N) is 4. The van der Waals surface area contributed by atoms with Crippen molar-refractivity contribution in [2.45, 2.75) is 46.0 Å². The molecular weight excluding hydrogens is 312 g/mol. The summed E-state index contributed by atoms with van der Waals surface area (Å²) in [6, 6.07) is 0. The highest BCUT2D eigenvalue weighted by molar-refractivity contribution is 7.19. The molecule has 23 heavy (non-hydrogen) atoms. The second kappa shape index (κ2) is 5.26. The molecule has 0 spiro atoms. The second-order valence-corrected chi connectivity index (χ2v) is 7.43. The molecule has 0 aromatic carbocycles. The van der Waals surface area contributed by atoms with Crippen LogP contribution in [0.3, 0.4) is 0 Å². The van der Waals surface area contributed by atoms with E-state index in [1.807, 2.05) is 6.92 Å². The predicted octanol–water partition coefficient (Wildman–Crippen LogP) is 2.79. The minimum atomic E-state index is -0.828. The standard InChI is InChI=1S/C16H18N4O2S/c1-8-3-4-10-11(7-8)23-16-14(10)15-18-12(5-6-13(21)22)19-20(15)9(2)17-16/h8H,3-7H2,1-2H3,(H,21,22)/t8-/m1/s1. The van der Waals surface area contributed by atoms with Gasteiger partial charge in [-0.3, -0.25) is 4.79 Å². The molecule has 0 amide bonds. The van der Waals surface area contributed by atoms with Crippen LogP contribution in [-0.2, 0) is 24.1 Å². The first-order valence-corrected chi connectivity index (χ1v) is 8.73. The second-order valence-electron chi connectivity index (χ2n) is 6.35. The number of aryl methyl sites for hydroxylation is 3. The van der Waals surface area contributed by atoms with Gasteiger partial charge < -0.3 is 5.11 Å². The molecule has 1 aliphatic rings. The molecule has 6 nitrogen and oxygen atoms in total. The lowest BCUT2D eigenvalue weighted by atomic mass is 9.89. The molecule has 3 heterocycles. The molecule has 0 bridgehead atoms. The molecule has 0 saturated heterocycles. The number of aliphatic carboxylic acids is 1. The van der Waals surface area contributed by atoms with E-state index in [9.17, 15) is 4.79 Å². The van der Waals surface area contributed by atoms with Gasteiger partial charge in [0.2, 0.25) is 0 Å². The van der Waals surface area contributed by atoms with Gasteiger partial charge in [0.25, 0.3) is 0 Å². The van der Waals surface area contributed by atoms with Crippen LogP contribution < -0.4 is 0 Å². The Labute approximate surface area is 137 Å².